The van der Waals surface area contributed by atoms with Gasteiger partial charge in [-0.3, -0.25) is 0 Å². The minimum Gasteiger partial charge on any atom is -0.545 e. The van der Waals surface area contributed by atoms with Gasteiger partial charge in [0.2, 0.25) is 0 Å². The van der Waals surface area contributed by atoms with Crippen LogP contribution < -0.4 is 20.4 Å². The van der Waals surface area contributed by atoms with Gasteiger partial charge >= 0.3 is 62.8 Å². The standard InChI is InChI=1S/4C10H10O4.C6H14.2C3H6O.2Rh/c4*1-2-14-10(13)8-5-3-7(4-6-8)9(11)12;1-3-5-6-4-2;2*1-3(2)4;;/h4*3-6H,2H2,1H3,(H,11,12);3-6H2,1-2H3;2*1-2H3;;/q;;;;;;;2*+2/p-4. The van der Waals surface area contributed by atoms with Gasteiger partial charge in [0.1, 0.15) is 11.6 Å². The van der Waals surface area contributed by atoms with E-state index in [1.807, 2.05) is 0 Å². The Labute approximate surface area is 446 Å². The first-order valence-electron chi connectivity index (χ1n) is 21.9. The van der Waals surface area contributed by atoms with Gasteiger partial charge < -0.3 is 68.1 Å². The van der Waals surface area contributed by atoms with E-state index in [1.54, 1.807) is 27.7 Å². The Balaban J connectivity index is -0.000000252. The van der Waals surface area contributed by atoms with E-state index in [1.165, 1.54) is 150 Å². The van der Waals surface area contributed by atoms with Crippen molar-refractivity contribution in [2.45, 2.75) is 94.9 Å². The fourth-order valence-electron chi connectivity index (χ4n) is 4.33. The molecule has 0 aliphatic rings. The number of carboxylic acids is 4. The van der Waals surface area contributed by atoms with E-state index in [-0.39, 0.29) is 72.8 Å². The molecule has 0 aromatic heterocycles. The van der Waals surface area contributed by atoms with Gasteiger partial charge in [-0.2, -0.15) is 0 Å². The Hall–Kier alpha value is -6.77. The third-order valence-corrected chi connectivity index (χ3v) is 7.48. The van der Waals surface area contributed by atoms with Crippen LogP contribution in [0.4, 0.5) is 0 Å². The monoisotopic (exact) mass is 1180 g/mol. The summed E-state index contributed by atoms with van der Waals surface area (Å²) >= 11 is 0. The number of esters is 4. The van der Waals surface area contributed by atoms with Crippen LogP contribution in [0.1, 0.15) is 178 Å². The van der Waals surface area contributed by atoms with Gasteiger partial charge in [0, 0.05) is 0 Å². The minimum atomic E-state index is -1.26. The summed E-state index contributed by atoms with van der Waals surface area (Å²) in [5.74, 6) is -6.56. The van der Waals surface area contributed by atoms with Crippen molar-refractivity contribution in [2.75, 3.05) is 26.4 Å². The van der Waals surface area contributed by atoms with Crippen LogP contribution in [-0.4, -0.2) is 85.7 Å². The summed E-state index contributed by atoms with van der Waals surface area (Å²) in [7, 11) is 0. The fourth-order valence-corrected chi connectivity index (χ4v) is 4.33. The number of ether oxygens (including phenoxy) is 4. The van der Waals surface area contributed by atoms with Crippen LogP contribution in [0.5, 0.6) is 0 Å². The molecule has 4 aromatic carbocycles. The zero-order chi connectivity index (χ0) is 54.2. The summed E-state index contributed by atoms with van der Waals surface area (Å²) in [6, 6.07) is 21.6. The summed E-state index contributed by atoms with van der Waals surface area (Å²) in [6.45, 7) is 18.6. The molecule has 72 heavy (non-hydrogen) atoms. The number of benzene rings is 4. The Kier molecular flexibility index (Phi) is 46.7. The first kappa shape index (κ1) is 74.2. The Bertz CT molecular complexity index is 1910. The van der Waals surface area contributed by atoms with Crippen molar-refractivity contribution in [3.05, 3.63) is 142 Å². The molecule has 4 rings (SSSR count). The molecule has 0 bridgehead atoms. The molecule has 0 saturated carbocycles. The van der Waals surface area contributed by atoms with Crippen molar-refractivity contribution in [2.24, 2.45) is 0 Å². The van der Waals surface area contributed by atoms with Gasteiger partial charge in [-0.1, -0.05) is 88.1 Å². The summed E-state index contributed by atoms with van der Waals surface area (Å²) in [5, 5.41) is 41.5. The maximum atomic E-state index is 11.1. The third kappa shape index (κ3) is 38.0. The first-order valence-corrected chi connectivity index (χ1v) is 21.9. The van der Waals surface area contributed by atoms with Gasteiger partial charge in [0.15, 0.2) is 0 Å². The second-order valence-corrected chi connectivity index (χ2v) is 13.9. The van der Waals surface area contributed by atoms with Crippen molar-refractivity contribution in [1.29, 1.82) is 0 Å². The third-order valence-electron chi connectivity index (χ3n) is 7.48. The number of unbranched alkanes of at least 4 members (excludes halogenated alkanes) is 3. The Morgan fingerprint density at radius 1 is 0.306 bits per heavy atom. The normalized spacial score (nSPS) is 8.86. The zero-order valence-electron chi connectivity index (χ0n) is 41.9. The molecule has 396 valence electrons. The molecule has 18 nitrogen and oxygen atoms in total. The van der Waals surface area contributed by atoms with E-state index >= 15 is 0 Å². The molecule has 0 saturated heterocycles. The van der Waals surface area contributed by atoms with E-state index in [4.69, 9.17) is 18.9 Å². The van der Waals surface area contributed by atoms with Crippen molar-refractivity contribution in [3.8, 4) is 0 Å². The minimum absolute atomic E-state index is 0. The van der Waals surface area contributed by atoms with E-state index in [9.17, 15) is 68.4 Å². The van der Waals surface area contributed by atoms with Crippen molar-refractivity contribution < 1.29 is 126 Å². The second-order valence-electron chi connectivity index (χ2n) is 13.9. The fraction of sp³-hybridized carbons (Fsp3) is 0.346. The molecule has 0 amide bonds. The van der Waals surface area contributed by atoms with Gasteiger partial charge in [0.25, 0.3) is 0 Å². The molecule has 0 atom stereocenters. The molecular weight excluding hydrogens is 1120 g/mol. The van der Waals surface area contributed by atoms with Crippen molar-refractivity contribution in [1.82, 2.24) is 0 Å². The molecule has 0 fully saturated rings. The molecule has 0 spiro atoms. The summed E-state index contributed by atoms with van der Waals surface area (Å²) in [4.78, 5) is 105. The largest absolute Gasteiger partial charge is 2.00 e. The van der Waals surface area contributed by atoms with Gasteiger partial charge in [-0.25, -0.2) is 19.2 Å². The first-order chi connectivity index (χ1) is 33.0. The number of rotatable bonds is 15. The molecule has 0 aliphatic heterocycles. The van der Waals surface area contributed by atoms with Crippen LogP contribution in [0.15, 0.2) is 97.1 Å². The molecule has 0 heterocycles. The number of hydrogen-bond acceptors (Lipinski definition) is 18. The molecule has 2 radical (unpaired) electrons. The SMILES string of the molecule is CC(C)=O.CC(C)=O.CCCCCC.CCOC(=O)c1ccc(C(=O)[O-])cc1.CCOC(=O)c1ccc(C(=O)[O-])cc1.CCOC(=O)c1ccc(C(=O)[O-])cc1.CCOC(=O)c1ccc(C(=O)[O-])cc1.[Rh+2].[Rh+2]. The smallest absolute Gasteiger partial charge is 0.545 e. The molecule has 20 heteroatoms. The topological polar surface area (TPSA) is 300 Å². The van der Waals surface area contributed by atoms with Crippen molar-refractivity contribution in [3.63, 3.8) is 0 Å². The quantitative estimate of drug-likeness (QED) is 0.0675. The Morgan fingerprint density at radius 2 is 0.431 bits per heavy atom. The number of ketones is 2. The van der Waals surface area contributed by atoms with Gasteiger partial charge in [-0.15, -0.1) is 0 Å². The number of carbonyl (C=O) groups excluding carboxylic acids is 10. The molecule has 4 aromatic rings. The number of carboxylic acid groups (broad SMARTS) is 4. The van der Waals surface area contributed by atoms with E-state index in [2.05, 4.69) is 13.8 Å². The summed E-state index contributed by atoms with van der Waals surface area (Å²) in [6.07, 6.45) is 5.54. The second kappa shape index (κ2) is 45.4. The predicted octanol–water partition coefficient (Wildman–Crippen LogP) is 4.68. The molecule has 0 unspecified atom stereocenters. The van der Waals surface area contributed by atoms with E-state index in [0.717, 1.165) is 0 Å². The maximum Gasteiger partial charge on any atom is 2.00 e. The Morgan fingerprint density at radius 3 is 0.528 bits per heavy atom. The van der Waals surface area contributed by atoms with Crippen molar-refractivity contribution >= 4 is 59.3 Å². The van der Waals surface area contributed by atoms with Crippen LogP contribution in [0, 0.1) is 0 Å². The van der Waals surface area contributed by atoms with Gasteiger partial charge in [-0.05, 0) is 126 Å². The van der Waals surface area contributed by atoms with Crippen LogP contribution in [-0.2, 0) is 67.5 Å². The van der Waals surface area contributed by atoms with Gasteiger partial charge in [0.05, 0.1) is 72.6 Å². The maximum absolute atomic E-state index is 11.1. The number of aromatic carboxylic acids is 4. The average Bonchev–Trinajstić information content (AvgIpc) is 3.31. The van der Waals surface area contributed by atoms with Crippen LogP contribution in [0.3, 0.4) is 0 Å². The summed E-state index contributed by atoms with van der Waals surface area (Å²) < 4.78 is 18.9. The summed E-state index contributed by atoms with van der Waals surface area (Å²) in [5.41, 5.74) is 1.48. The zero-order valence-corrected chi connectivity index (χ0v) is 45.2. The predicted molar refractivity (Wildman–Crippen MR) is 249 cm³/mol. The van der Waals surface area contributed by atoms with Crippen LogP contribution in [0.2, 0.25) is 0 Å². The van der Waals surface area contributed by atoms with E-state index in [0.29, 0.717) is 48.7 Å². The number of carbonyl (C=O) groups is 10. The number of hydrogen-bond donors (Lipinski definition) is 0. The molecular formula is C52H62O18Rh2. The van der Waals surface area contributed by atoms with E-state index < -0.39 is 47.8 Å². The molecule has 0 aliphatic carbocycles. The van der Waals surface area contributed by atoms with Crippen LogP contribution >= 0.6 is 0 Å². The average molecular weight is 1180 g/mol. The molecule has 0 N–H and O–H groups in total. The van der Waals surface area contributed by atoms with Crippen LogP contribution in [0.25, 0.3) is 0 Å². The number of Topliss-reactive ketones (excluding diaryl/α,β-unsaturated/α-hetero) is 2.